The average Bonchev–Trinajstić information content (AvgIpc) is 2.44. The van der Waals surface area contributed by atoms with Crippen molar-refractivity contribution in [3.8, 4) is 0 Å². The molecule has 2 unspecified atom stereocenters. The van der Waals surface area contributed by atoms with Crippen LogP contribution in [0, 0.1) is 5.92 Å². The van der Waals surface area contributed by atoms with Crippen molar-refractivity contribution in [1.29, 1.82) is 0 Å². The van der Waals surface area contributed by atoms with Gasteiger partial charge in [0.1, 0.15) is 6.04 Å². The standard InChI is InChI=1S/C11H20F3N/c1-5-8-6-9(11(12,13)14)15(7-8)10(2,3)4/h8-9H,5-7H2,1-4H3. The van der Waals surface area contributed by atoms with Gasteiger partial charge in [0.15, 0.2) is 0 Å². The van der Waals surface area contributed by atoms with Crippen LogP contribution >= 0.6 is 0 Å². The molecule has 1 fully saturated rings. The molecule has 0 aromatic rings. The first-order valence-electron chi connectivity index (χ1n) is 5.49. The third kappa shape index (κ3) is 2.86. The fraction of sp³-hybridized carbons (Fsp3) is 1.00. The summed E-state index contributed by atoms with van der Waals surface area (Å²) in [6, 6.07) is -1.25. The first-order valence-corrected chi connectivity index (χ1v) is 5.49. The molecule has 0 saturated carbocycles. The van der Waals surface area contributed by atoms with Crippen LogP contribution in [0.1, 0.15) is 40.5 Å². The van der Waals surface area contributed by atoms with E-state index in [1.807, 2.05) is 27.7 Å². The van der Waals surface area contributed by atoms with E-state index >= 15 is 0 Å². The van der Waals surface area contributed by atoms with Crippen molar-refractivity contribution in [2.75, 3.05) is 6.54 Å². The van der Waals surface area contributed by atoms with Crippen LogP contribution in [0.15, 0.2) is 0 Å². The lowest BCUT2D eigenvalue weighted by atomic mass is 10.0. The van der Waals surface area contributed by atoms with Crippen LogP contribution in [0.3, 0.4) is 0 Å². The van der Waals surface area contributed by atoms with Gasteiger partial charge >= 0.3 is 6.18 Å². The summed E-state index contributed by atoms with van der Waals surface area (Å²) in [5, 5.41) is 0. The highest BCUT2D eigenvalue weighted by atomic mass is 19.4. The molecule has 90 valence electrons. The Balaban J connectivity index is 2.84. The van der Waals surface area contributed by atoms with Crippen LogP contribution in [-0.4, -0.2) is 29.2 Å². The van der Waals surface area contributed by atoms with Gasteiger partial charge in [-0.2, -0.15) is 13.2 Å². The molecule has 1 saturated heterocycles. The van der Waals surface area contributed by atoms with Crippen LogP contribution < -0.4 is 0 Å². The van der Waals surface area contributed by atoms with Crippen LogP contribution in [0.5, 0.6) is 0 Å². The molecule has 0 aliphatic carbocycles. The normalized spacial score (nSPS) is 29.8. The van der Waals surface area contributed by atoms with Gasteiger partial charge in [0.25, 0.3) is 0 Å². The van der Waals surface area contributed by atoms with Gasteiger partial charge in [-0.15, -0.1) is 0 Å². The van der Waals surface area contributed by atoms with Crippen LogP contribution in [0.4, 0.5) is 13.2 Å². The molecular formula is C11H20F3N. The second-order valence-electron chi connectivity index (χ2n) is 5.39. The van der Waals surface area contributed by atoms with E-state index in [4.69, 9.17) is 0 Å². The van der Waals surface area contributed by atoms with E-state index in [0.717, 1.165) is 6.42 Å². The van der Waals surface area contributed by atoms with E-state index in [0.29, 0.717) is 6.54 Å². The van der Waals surface area contributed by atoms with E-state index in [1.165, 1.54) is 0 Å². The topological polar surface area (TPSA) is 3.24 Å². The largest absolute Gasteiger partial charge is 0.404 e. The Morgan fingerprint density at radius 3 is 2.00 bits per heavy atom. The number of rotatable bonds is 1. The van der Waals surface area contributed by atoms with Gasteiger partial charge in [0.05, 0.1) is 0 Å². The van der Waals surface area contributed by atoms with Crippen LogP contribution in [0.25, 0.3) is 0 Å². The van der Waals surface area contributed by atoms with Crippen LogP contribution in [0.2, 0.25) is 0 Å². The number of hydrogen-bond donors (Lipinski definition) is 0. The molecule has 0 spiro atoms. The maximum atomic E-state index is 12.8. The highest BCUT2D eigenvalue weighted by Gasteiger charge is 2.51. The summed E-state index contributed by atoms with van der Waals surface area (Å²) >= 11 is 0. The number of likely N-dealkylation sites (tertiary alicyclic amines) is 1. The molecule has 0 N–H and O–H groups in total. The highest BCUT2D eigenvalue weighted by molar-refractivity contribution is 4.95. The molecule has 2 atom stereocenters. The van der Waals surface area contributed by atoms with E-state index in [9.17, 15) is 13.2 Å². The highest BCUT2D eigenvalue weighted by Crippen LogP contribution is 2.39. The molecule has 4 heteroatoms. The van der Waals surface area contributed by atoms with Gasteiger partial charge in [-0.05, 0) is 33.1 Å². The zero-order valence-electron chi connectivity index (χ0n) is 9.86. The quantitative estimate of drug-likeness (QED) is 0.658. The molecule has 0 bridgehead atoms. The molecule has 1 aliphatic heterocycles. The Bertz CT molecular complexity index is 195. The summed E-state index contributed by atoms with van der Waals surface area (Å²) in [5.74, 6) is 0.191. The predicted octanol–water partition coefficient (Wildman–Crippen LogP) is 3.45. The van der Waals surface area contributed by atoms with Gasteiger partial charge in [0.2, 0.25) is 0 Å². The molecule has 15 heavy (non-hydrogen) atoms. The van der Waals surface area contributed by atoms with Gasteiger partial charge in [-0.25, -0.2) is 0 Å². The molecule has 0 radical (unpaired) electrons. The summed E-state index contributed by atoms with van der Waals surface area (Å²) < 4.78 is 38.4. The molecule has 1 aliphatic rings. The number of nitrogens with zero attached hydrogens (tertiary/aromatic N) is 1. The molecule has 1 rings (SSSR count). The number of alkyl halides is 3. The molecule has 1 nitrogen and oxygen atoms in total. The van der Waals surface area contributed by atoms with Crippen molar-refractivity contribution in [3.63, 3.8) is 0 Å². The van der Waals surface area contributed by atoms with Gasteiger partial charge in [0, 0.05) is 12.1 Å². The van der Waals surface area contributed by atoms with E-state index in [-0.39, 0.29) is 12.3 Å². The monoisotopic (exact) mass is 223 g/mol. The Morgan fingerprint density at radius 2 is 1.73 bits per heavy atom. The smallest absolute Gasteiger partial charge is 0.287 e. The second-order valence-corrected chi connectivity index (χ2v) is 5.39. The molecule has 0 amide bonds. The van der Waals surface area contributed by atoms with Gasteiger partial charge in [-0.1, -0.05) is 13.3 Å². The van der Waals surface area contributed by atoms with Gasteiger partial charge in [-0.3, -0.25) is 4.90 Å². The fourth-order valence-corrected chi connectivity index (χ4v) is 2.27. The van der Waals surface area contributed by atoms with Crippen molar-refractivity contribution in [2.24, 2.45) is 5.92 Å². The fourth-order valence-electron chi connectivity index (χ4n) is 2.27. The third-order valence-electron chi connectivity index (χ3n) is 3.20. The van der Waals surface area contributed by atoms with Crippen molar-refractivity contribution in [2.45, 2.75) is 58.3 Å². The second kappa shape index (κ2) is 3.96. The number of hydrogen-bond acceptors (Lipinski definition) is 1. The first kappa shape index (κ1) is 12.8. The van der Waals surface area contributed by atoms with Crippen molar-refractivity contribution >= 4 is 0 Å². The molecule has 0 aromatic carbocycles. The minimum Gasteiger partial charge on any atom is -0.287 e. The Labute approximate surface area is 89.6 Å². The van der Waals surface area contributed by atoms with Crippen molar-refractivity contribution < 1.29 is 13.2 Å². The summed E-state index contributed by atoms with van der Waals surface area (Å²) in [7, 11) is 0. The number of halogens is 3. The predicted molar refractivity (Wildman–Crippen MR) is 54.7 cm³/mol. The lowest BCUT2D eigenvalue weighted by Crippen LogP contribution is -2.50. The molecule has 1 heterocycles. The maximum absolute atomic E-state index is 12.8. The SMILES string of the molecule is CCC1CC(C(F)(F)F)N(C(C)(C)C)C1. The summed E-state index contributed by atoms with van der Waals surface area (Å²) in [6.07, 6.45) is -2.99. The van der Waals surface area contributed by atoms with Crippen molar-refractivity contribution in [3.05, 3.63) is 0 Å². The van der Waals surface area contributed by atoms with E-state index in [2.05, 4.69) is 0 Å². The molecule has 0 aromatic heterocycles. The summed E-state index contributed by atoms with van der Waals surface area (Å²) in [5.41, 5.74) is -0.399. The summed E-state index contributed by atoms with van der Waals surface area (Å²) in [4.78, 5) is 1.60. The Kier molecular flexibility index (Phi) is 3.39. The Hall–Kier alpha value is -0.250. The van der Waals surface area contributed by atoms with E-state index < -0.39 is 17.8 Å². The zero-order valence-corrected chi connectivity index (χ0v) is 9.86. The Morgan fingerprint density at radius 1 is 1.20 bits per heavy atom. The lowest BCUT2D eigenvalue weighted by molar-refractivity contribution is -0.186. The van der Waals surface area contributed by atoms with E-state index in [1.54, 1.807) is 4.90 Å². The molecular weight excluding hydrogens is 203 g/mol. The van der Waals surface area contributed by atoms with Gasteiger partial charge < -0.3 is 0 Å². The van der Waals surface area contributed by atoms with Crippen molar-refractivity contribution in [1.82, 2.24) is 4.90 Å². The lowest BCUT2D eigenvalue weighted by Gasteiger charge is -2.37. The minimum absolute atomic E-state index is 0.191. The first-order chi connectivity index (χ1) is 6.66. The third-order valence-corrected chi connectivity index (χ3v) is 3.20. The zero-order chi connectivity index (χ0) is 11.9. The van der Waals surface area contributed by atoms with Crippen LogP contribution in [-0.2, 0) is 0 Å². The average molecular weight is 223 g/mol. The minimum atomic E-state index is -4.09. The maximum Gasteiger partial charge on any atom is 0.404 e. The summed E-state index contributed by atoms with van der Waals surface area (Å²) in [6.45, 7) is 8.09.